The molecule has 0 radical (unpaired) electrons. The maximum absolute atomic E-state index is 10.3. The molecule has 12 heavy (non-hydrogen) atoms. The molecule has 4 heteroatoms. The van der Waals surface area contributed by atoms with E-state index in [1.165, 1.54) is 0 Å². The van der Waals surface area contributed by atoms with E-state index in [4.69, 9.17) is 10.2 Å². The highest BCUT2D eigenvalue weighted by atomic mass is 16.4. The van der Waals surface area contributed by atoms with Gasteiger partial charge >= 0.3 is 5.97 Å². The van der Waals surface area contributed by atoms with Crippen LogP contribution in [0.25, 0.3) is 0 Å². The molecule has 4 nitrogen and oxygen atoms in total. The Morgan fingerprint density at radius 1 is 1.67 bits per heavy atom. The quantitative estimate of drug-likeness (QED) is 0.546. The average Bonchev–Trinajstić information content (AvgIpc) is 2.67. The molecule has 1 unspecified atom stereocenters. The highest BCUT2D eigenvalue weighted by Crippen LogP contribution is 2.35. The van der Waals surface area contributed by atoms with Crippen molar-refractivity contribution in [2.45, 2.75) is 37.8 Å². The lowest BCUT2D eigenvalue weighted by Gasteiger charge is -2.19. The molecular weight excluding hydrogens is 158 g/mol. The third-order valence-electron chi connectivity index (χ3n) is 2.19. The molecule has 0 amide bonds. The lowest BCUT2D eigenvalue weighted by molar-refractivity contribution is -0.137. The molecule has 0 aromatic heterocycles. The minimum atomic E-state index is -0.802. The molecule has 70 valence electrons. The van der Waals surface area contributed by atoms with Gasteiger partial charge in [-0.2, -0.15) is 0 Å². The molecule has 3 N–H and O–H groups in total. The fourth-order valence-corrected chi connectivity index (χ4v) is 1.33. The molecule has 1 fully saturated rings. The van der Waals surface area contributed by atoms with Crippen molar-refractivity contribution in [3.63, 3.8) is 0 Å². The molecule has 0 saturated heterocycles. The Bertz CT molecular complexity index is 177. The van der Waals surface area contributed by atoms with Gasteiger partial charge in [-0.1, -0.05) is 0 Å². The summed E-state index contributed by atoms with van der Waals surface area (Å²) in [6.07, 6.45) is 2.02. The summed E-state index contributed by atoms with van der Waals surface area (Å²) < 4.78 is 0. The van der Waals surface area contributed by atoms with Crippen LogP contribution in [-0.4, -0.2) is 34.4 Å². The zero-order valence-electron chi connectivity index (χ0n) is 7.21. The largest absolute Gasteiger partial charge is 0.481 e. The summed E-state index contributed by atoms with van der Waals surface area (Å²) in [7, 11) is 0. The lowest BCUT2D eigenvalue weighted by Crippen LogP contribution is -2.42. The van der Waals surface area contributed by atoms with Crippen LogP contribution in [0.5, 0.6) is 0 Å². The van der Waals surface area contributed by atoms with Gasteiger partial charge in [0.25, 0.3) is 0 Å². The summed E-state index contributed by atoms with van der Waals surface area (Å²) in [6.45, 7) is 1.93. The summed E-state index contributed by atoms with van der Waals surface area (Å²) in [6, 6.07) is -0.0582. The fourth-order valence-electron chi connectivity index (χ4n) is 1.33. The molecule has 0 aliphatic heterocycles. The summed E-state index contributed by atoms with van der Waals surface area (Å²) in [4.78, 5) is 10.3. The summed E-state index contributed by atoms with van der Waals surface area (Å²) in [5.41, 5.74) is -0.158. The molecule has 1 aliphatic rings. The minimum absolute atomic E-state index is 0.0582. The van der Waals surface area contributed by atoms with Crippen LogP contribution < -0.4 is 5.32 Å². The normalized spacial score (nSPS) is 21.8. The van der Waals surface area contributed by atoms with Gasteiger partial charge in [-0.15, -0.1) is 0 Å². The number of nitrogens with one attached hydrogen (secondary N) is 1. The molecule has 0 heterocycles. The second kappa shape index (κ2) is 3.41. The Kier molecular flexibility index (Phi) is 2.69. The zero-order chi connectivity index (χ0) is 9.19. The molecule has 0 aromatic rings. The first-order chi connectivity index (χ1) is 5.58. The average molecular weight is 173 g/mol. The number of carbonyl (C=O) groups is 1. The van der Waals surface area contributed by atoms with Crippen molar-refractivity contribution in [1.82, 2.24) is 5.32 Å². The third-order valence-corrected chi connectivity index (χ3v) is 2.19. The van der Waals surface area contributed by atoms with Crippen LogP contribution in [0.3, 0.4) is 0 Å². The highest BCUT2D eigenvalue weighted by molar-refractivity contribution is 5.67. The minimum Gasteiger partial charge on any atom is -0.481 e. The number of carboxylic acid groups (broad SMARTS) is 1. The van der Waals surface area contributed by atoms with Gasteiger partial charge in [-0.05, 0) is 19.8 Å². The standard InChI is InChI=1S/C8H15NO3/c1-6(4-7(11)12)9-8(5-10)2-3-8/h6,9-10H,2-5H2,1H3,(H,11,12). The first kappa shape index (κ1) is 9.48. The van der Waals surface area contributed by atoms with Gasteiger partial charge in [0, 0.05) is 11.6 Å². The lowest BCUT2D eigenvalue weighted by atomic mass is 10.2. The van der Waals surface area contributed by atoms with Gasteiger partial charge in [0.05, 0.1) is 13.0 Å². The first-order valence-electron chi connectivity index (χ1n) is 4.18. The van der Waals surface area contributed by atoms with E-state index in [-0.39, 0.29) is 24.6 Å². The summed E-state index contributed by atoms with van der Waals surface area (Å²) in [5, 5.41) is 20.5. The van der Waals surface area contributed by atoms with Crippen LogP contribution in [0.4, 0.5) is 0 Å². The van der Waals surface area contributed by atoms with Crippen molar-refractivity contribution in [3.8, 4) is 0 Å². The third kappa shape index (κ3) is 2.46. The van der Waals surface area contributed by atoms with Gasteiger partial charge in [0.2, 0.25) is 0 Å². The van der Waals surface area contributed by atoms with E-state index >= 15 is 0 Å². The summed E-state index contributed by atoms with van der Waals surface area (Å²) in [5.74, 6) is -0.802. The Morgan fingerprint density at radius 3 is 2.58 bits per heavy atom. The number of rotatable bonds is 5. The number of aliphatic hydroxyl groups excluding tert-OH is 1. The van der Waals surface area contributed by atoms with Crippen LogP contribution in [0.1, 0.15) is 26.2 Å². The van der Waals surface area contributed by atoms with E-state index in [9.17, 15) is 4.79 Å². The number of carboxylic acids is 1. The smallest absolute Gasteiger partial charge is 0.304 e. The molecule has 1 rings (SSSR count). The van der Waals surface area contributed by atoms with Crippen molar-refractivity contribution >= 4 is 5.97 Å². The van der Waals surface area contributed by atoms with Gasteiger partial charge in [-0.3, -0.25) is 4.79 Å². The number of hydrogen-bond acceptors (Lipinski definition) is 3. The Morgan fingerprint density at radius 2 is 2.25 bits per heavy atom. The maximum atomic E-state index is 10.3. The first-order valence-corrected chi connectivity index (χ1v) is 4.18. The van der Waals surface area contributed by atoms with Gasteiger partial charge < -0.3 is 15.5 Å². The van der Waals surface area contributed by atoms with Gasteiger partial charge in [-0.25, -0.2) is 0 Å². The highest BCUT2D eigenvalue weighted by Gasteiger charge is 2.42. The summed E-state index contributed by atoms with van der Waals surface area (Å²) >= 11 is 0. The molecule has 0 bridgehead atoms. The molecule has 0 aromatic carbocycles. The van der Waals surface area contributed by atoms with E-state index in [1.807, 2.05) is 6.92 Å². The zero-order valence-corrected chi connectivity index (χ0v) is 7.21. The number of aliphatic hydroxyl groups is 1. The predicted octanol–water partition coefficient (Wildman–Crippen LogP) is -0.0359. The topological polar surface area (TPSA) is 69.6 Å². The SMILES string of the molecule is CC(CC(=O)O)NC1(CO)CC1. The van der Waals surface area contributed by atoms with E-state index in [2.05, 4.69) is 5.32 Å². The van der Waals surface area contributed by atoms with Crippen LogP contribution in [-0.2, 0) is 4.79 Å². The molecule has 1 aliphatic carbocycles. The van der Waals surface area contributed by atoms with Crippen molar-refractivity contribution in [2.75, 3.05) is 6.61 Å². The van der Waals surface area contributed by atoms with E-state index in [1.54, 1.807) is 0 Å². The van der Waals surface area contributed by atoms with Crippen LogP contribution in [0.15, 0.2) is 0 Å². The van der Waals surface area contributed by atoms with Crippen molar-refractivity contribution < 1.29 is 15.0 Å². The Labute approximate surface area is 71.6 Å². The number of aliphatic carboxylic acids is 1. The molecule has 0 spiro atoms. The number of hydrogen-bond donors (Lipinski definition) is 3. The van der Waals surface area contributed by atoms with E-state index < -0.39 is 5.97 Å². The Balaban J connectivity index is 2.26. The van der Waals surface area contributed by atoms with Crippen LogP contribution in [0, 0.1) is 0 Å². The maximum Gasteiger partial charge on any atom is 0.304 e. The van der Waals surface area contributed by atoms with Crippen LogP contribution >= 0.6 is 0 Å². The van der Waals surface area contributed by atoms with Crippen molar-refractivity contribution in [2.24, 2.45) is 0 Å². The van der Waals surface area contributed by atoms with Gasteiger partial charge in [0.1, 0.15) is 0 Å². The van der Waals surface area contributed by atoms with E-state index in [0.717, 1.165) is 12.8 Å². The molecule has 1 saturated carbocycles. The molecular formula is C8H15NO3. The van der Waals surface area contributed by atoms with Gasteiger partial charge in [0.15, 0.2) is 0 Å². The van der Waals surface area contributed by atoms with Crippen molar-refractivity contribution in [1.29, 1.82) is 0 Å². The molecule has 1 atom stereocenters. The fraction of sp³-hybridized carbons (Fsp3) is 0.875. The second-order valence-electron chi connectivity index (χ2n) is 3.58. The second-order valence-corrected chi connectivity index (χ2v) is 3.58. The van der Waals surface area contributed by atoms with Crippen LogP contribution in [0.2, 0.25) is 0 Å². The van der Waals surface area contributed by atoms with E-state index in [0.29, 0.717) is 0 Å². The van der Waals surface area contributed by atoms with Crippen molar-refractivity contribution in [3.05, 3.63) is 0 Å². The monoisotopic (exact) mass is 173 g/mol. The Hall–Kier alpha value is -0.610. The predicted molar refractivity (Wildman–Crippen MR) is 43.9 cm³/mol.